The average Bonchev–Trinajstić information content (AvgIpc) is 2.51. The molecule has 0 fully saturated rings. The van der Waals surface area contributed by atoms with Gasteiger partial charge >= 0.3 is 0 Å². The number of benzene rings is 1. The van der Waals surface area contributed by atoms with E-state index in [1.54, 1.807) is 36.7 Å². The molecule has 6 heteroatoms. The number of carbonyl (C=O) groups is 2. The molecule has 0 radical (unpaired) electrons. The monoisotopic (exact) mass is 303 g/mol. The van der Waals surface area contributed by atoms with Crippen molar-refractivity contribution >= 4 is 23.4 Å². The number of nitrogens with one attached hydrogen (secondary N) is 2. The van der Waals surface area contributed by atoms with Crippen LogP contribution in [0, 0.1) is 0 Å². The van der Waals surface area contributed by atoms with Crippen LogP contribution < -0.4 is 10.6 Å². The highest BCUT2D eigenvalue weighted by molar-refractivity contribution is 6.30. The molecule has 2 aromatic rings. The second-order valence-corrected chi connectivity index (χ2v) is 4.76. The minimum absolute atomic E-state index is 0.0869. The SMILES string of the molecule is O=C(CNC(=O)c1cccc(Cl)c1)NCc1ccncc1. The van der Waals surface area contributed by atoms with Crippen LogP contribution in [0.2, 0.25) is 5.02 Å². The molecule has 5 nitrogen and oxygen atoms in total. The number of hydrogen-bond donors (Lipinski definition) is 2. The lowest BCUT2D eigenvalue weighted by atomic mass is 10.2. The third kappa shape index (κ3) is 4.89. The first-order valence-corrected chi connectivity index (χ1v) is 6.72. The maximum absolute atomic E-state index is 11.8. The molecule has 1 aromatic carbocycles. The second-order valence-electron chi connectivity index (χ2n) is 4.33. The van der Waals surface area contributed by atoms with Crippen molar-refractivity contribution in [1.29, 1.82) is 0 Å². The maximum atomic E-state index is 11.8. The second kappa shape index (κ2) is 7.40. The first-order chi connectivity index (χ1) is 10.1. The highest BCUT2D eigenvalue weighted by Gasteiger charge is 2.08. The van der Waals surface area contributed by atoms with Crippen molar-refractivity contribution in [1.82, 2.24) is 15.6 Å². The molecule has 0 atom stereocenters. The summed E-state index contributed by atoms with van der Waals surface area (Å²) in [5, 5.41) is 5.73. The van der Waals surface area contributed by atoms with Gasteiger partial charge in [0, 0.05) is 29.5 Å². The molecular formula is C15H14ClN3O2. The molecule has 0 bridgehead atoms. The van der Waals surface area contributed by atoms with Crippen LogP contribution in [0.4, 0.5) is 0 Å². The standard InChI is InChI=1S/C15H14ClN3O2/c16-13-3-1-2-12(8-13)15(21)19-10-14(20)18-9-11-4-6-17-7-5-11/h1-8H,9-10H2,(H,18,20)(H,19,21). The fourth-order valence-corrected chi connectivity index (χ4v) is 1.85. The van der Waals surface area contributed by atoms with E-state index in [1.807, 2.05) is 12.1 Å². The Labute approximate surface area is 127 Å². The van der Waals surface area contributed by atoms with E-state index < -0.39 is 0 Å². The van der Waals surface area contributed by atoms with Gasteiger partial charge in [-0.15, -0.1) is 0 Å². The van der Waals surface area contributed by atoms with Crippen LogP contribution in [0.15, 0.2) is 48.8 Å². The van der Waals surface area contributed by atoms with Crippen molar-refractivity contribution < 1.29 is 9.59 Å². The van der Waals surface area contributed by atoms with E-state index in [-0.39, 0.29) is 18.4 Å². The minimum Gasteiger partial charge on any atom is -0.350 e. The Morgan fingerprint density at radius 1 is 1.10 bits per heavy atom. The number of aromatic nitrogens is 1. The van der Waals surface area contributed by atoms with Gasteiger partial charge in [-0.1, -0.05) is 17.7 Å². The van der Waals surface area contributed by atoms with E-state index in [0.29, 0.717) is 17.1 Å². The Morgan fingerprint density at radius 2 is 1.86 bits per heavy atom. The van der Waals surface area contributed by atoms with Crippen molar-refractivity contribution in [2.24, 2.45) is 0 Å². The topological polar surface area (TPSA) is 71.1 Å². The molecule has 2 N–H and O–H groups in total. The largest absolute Gasteiger partial charge is 0.350 e. The average molecular weight is 304 g/mol. The van der Waals surface area contributed by atoms with Crippen LogP contribution in [0.25, 0.3) is 0 Å². The van der Waals surface area contributed by atoms with Crippen molar-refractivity contribution in [2.45, 2.75) is 6.54 Å². The molecule has 0 spiro atoms. The number of halogens is 1. The summed E-state index contributed by atoms with van der Waals surface area (Å²) in [7, 11) is 0. The van der Waals surface area contributed by atoms with E-state index >= 15 is 0 Å². The van der Waals surface area contributed by atoms with Gasteiger partial charge in [0.1, 0.15) is 0 Å². The Kier molecular flexibility index (Phi) is 5.29. The fourth-order valence-electron chi connectivity index (χ4n) is 1.66. The molecule has 0 aliphatic carbocycles. The predicted molar refractivity (Wildman–Crippen MR) is 79.9 cm³/mol. The quantitative estimate of drug-likeness (QED) is 0.884. The summed E-state index contributed by atoms with van der Waals surface area (Å²) in [5.74, 6) is -0.598. The normalized spacial score (nSPS) is 9.95. The van der Waals surface area contributed by atoms with Crippen LogP contribution >= 0.6 is 11.6 Å². The van der Waals surface area contributed by atoms with Crippen molar-refractivity contribution in [3.05, 3.63) is 64.9 Å². The molecule has 2 rings (SSSR count). The summed E-state index contributed by atoms with van der Waals surface area (Å²) >= 11 is 5.80. The molecule has 0 saturated carbocycles. The van der Waals surface area contributed by atoms with Gasteiger partial charge < -0.3 is 10.6 Å². The highest BCUT2D eigenvalue weighted by Crippen LogP contribution is 2.10. The summed E-state index contributed by atoms with van der Waals surface area (Å²) in [6.45, 7) is 0.310. The minimum atomic E-state index is -0.337. The Balaban J connectivity index is 1.77. The van der Waals surface area contributed by atoms with Gasteiger partial charge in [0.15, 0.2) is 0 Å². The van der Waals surface area contributed by atoms with Crippen LogP contribution in [0.5, 0.6) is 0 Å². The van der Waals surface area contributed by atoms with E-state index in [2.05, 4.69) is 15.6 Å². The number of pyridine rings is 1. The van der Waals surface area contributed by atoms with Crippen LogP contribution in [0.1, 0.15) is 15.9 Å². The Hall–Kier alpha value is -2.40. The van der Waals surface area contributed by atoms with Gasteiger partial charge in [-0.05, 0) is 35.9 Å². The first-order valence-electron chi connectivity index (χ1n) is 6.34. The van der Waals surface area contributed by atoms with Gasteiger partial charge in [-0.2, -0.15) is 0 Å². The van der Waals surface area contributed by atoms with Crippen LogP contribution in [-0.4, -0.2) is 23.3 Å². The lowest BCUT2D eigenvalue weighted by Gasteiger charge is -2.07. The van der Waals surface area contributed by atoms with Gasteiger partial charge in [-0.3, -0.25) is 14.6 Å². The molecule has 1 aromatic heterocycles. The number of hydrogen-bond acceptors (Lipinski definition) is 3. The summed E-state index contributed by atoms with van der Waals surface area (Å²) in [6.07, 6.45) is 3.31. The van der Waals surface area contributed by atoms with E-state index in [1.165, 1.54) is 0 Å². The van der Waals surface area contributed by atoms with Gasteiger partial charge in [0.25, 0.3) is 5.91 Å². The molecule has 0 saturated heterocycles. The first kappa shape index (κ1) is 15.0. The Morgan fingerprint density at radius 3 is 2.57 bits per heavy atom. The van der Waals surface area contributed by atoms with Gasteiger partial charge in [-0.25, -0.2) is 0 Å². The summed E-state index contributed by atoms with van der Waals surface area (Å²) in [5.41, 5.74) is 1.36. The molecule has 21 heavy (non-hydrogen) atoms. The molecule has 0 unspecified atom stereocenters. The smallest absolute Gasteiger partial charge is 0.251 e. The fraction of sp³-hybridized carbons (Fsp3) is 0.133. The zero-order chi connectivity index (χ0) is 15.1. The van der Waals surface area contributed by atoms with Crippen molar-refractivity contribution in [3.63, 3.8) is 0 Å². The molecule has 0 aliphatic rings. The van der Waals surface area contributed by atoms with Crippen molar-refractivity contribution in [3.8, 4) is 0 Å². The number of amides is 2. The molecule has 2 amide bonds. The summed E-state index contributed by atoms with van der Waals surface area (Å²) in [6, 6.07) is 10.2. The summed E-state index contributed by atoms with van der Waals surface area (Å²) in [4.78, 5) is 27.4. The van der Waals surface area contributed by atoms with E-state index in [4.69, 9.17) is 11.6 Å². The molecule has 0 aliphatic heterocycles. The molecule has 108 valence electrons. The zero-order valence-electron chi connectivity index (χ0n) is 11.2. The predicted octanol–water partition coefficient (Wildman–Crippen LogP) is 1.78. The van der Waals surface area contributed by atoms with Crippen molar-refractivity contribution in [2.75, 3.05) is 6.54 Å². The number of rotatable bonds is 5. The molecule has 1 heterocycles. The maximum Gasteiger partial charge on any atom is 0.251 e. The highest BCUT2D eigenvalue weighted by atomic mass is 35.5. The van der Waals surface area contributed by atoms with E-state index in [9.17, 15) is 9.59 Å². The van der Waals surface area contributed by atoms with Gasteiger partial charge in [0.05, 0.1) is 6.54 Å². The Bertz CT molecular complexity index is 632. The number of carbonyl (C=O) groups excluding carboxylic acids is 2. The summed E-state index contributed by atoms with van der Waals surface area (Å²) < 4.78 is 0. The third-order valence-electron chi connectivity index (χ3n) is 2.74. The molecular weight excluding hydrogens is 290 g/mol. The third-order valence-corrected chi connectivity index (χ3v) is 2.97. The van der Waals surface area contributed by atoms with E-state index in [0.717, 1.165) is 5.56 Å². The van der Waals surface area contributed by atoms with Gasteiger partial charge in [0.2, 0.25) is 5.91 Å². The number of nitrogens with zero attached hydrogens (tertiary/aromatic N) is 1. The lowest BCUT2D eigenvalue weighted by molar-refractivity contribution is -0.120. The van der Waals surface area contributed by atoms with Crippen LogP contribution in [-0.2, 0) is 11.3 Å². The van der Waals surface area contributed by atoms with Crippen LogP contribution in [0.3, 0.4) is 0 Å². The zero-order valence-corrected chi connectivity index (χ0v) is 11.9. The lowest BCUT2D eigenvalue weighted by Crippen LogP contribution is -2.36.